The van der Waals surface area contributed by atoms with Gasteiger partial charge >= 0.3 is 5.97 Å². The van der Waals surface area contributed by atoms with Gasteiger partial charge < -0.3 is 24.8 Å². The summed E-state index contributed by atoms with van der Waals surface area (Å²) in [5.74, 6) is 0.326. The van der Waals surface area contributed by atoms with Crippen LogP contribution in [0.25, 0.3) is 0 Å². The van der Waals surface area contributed by atoms with E-state index in [1.807, 2.05) is 19.1 Å². The number of benzene rings is 2. The molecule has 0 unspecified atom stereocenters. The number of hydrogen-bond donors (Lipinski definition) is 1. The minimum absolute atomic E-state index is 0.133. The zero-order valence-electron chi connectivity index (χ0n) is 14.7. The Balaban J connectivity index is 1.60. The number of carbonyl (C=O) groups excluding carboxylic acids is 2. The van der Waals surface area contributed by atoms with Crippen molar-refractivity contribution in [3.63, 3.8) is 0 Å². The fourth-order valence-electron chi connectivity index (χ4n) is 2.64. The number of fused-ring (bicyclic) bond motifs is 1. The van der Waals surface area contributed by atoms with E-state index in [1.165, 1.54) is 12.1 Å². The first-order chi connectivity index (χ1) is 13.0. The lowest BCUT2D eigenvalue weighted by Crippen LogP contribution is -2.34. The van der Waals surface area contributed by atoms with Gasteiger partial charge in [0.25, 0.3) is 5.91 Å². The normalized spacial score (nSPS) is 11.9. The quantitative estimate of drug-likeness (QED) is 0.602. The molecule has 0 saturated heterocycles. The fraction of sp³-hybridized carbons (Fsp3) is 0.263. The van der Waals surface area contributed by atoms with Gasteiger partial charge in [-0.3, -0.25) is 4.79 Å². The molecule has 1 heterocycles. The molecule has 1 amide bonds. The summed E-state index contributed by atoms with van der Waals surface area (Å²) in [4.78, 5) is 26.2. The molecule has 0 aromatic heterocycles. The van der Waals surface area contributed by atoms with E-state index < -0.39 is 5.97 Å². The van der Waals surface area contributed by atoms with Gasteiger partial charge in [-0.15, -0.1) is 0 Å². The topological polar surface area (TPSA) is 91.1 Å². The van der Waals surface area contributed by atoms with Gasteiger partial charge in [-0.1, -0.05) is 17.7 Å². The van der Waals surface area contributed by atoms with Gasteiger partial charge in [-0.2, -0.15) is 0 Å². The SMILES string of the molecule is CCN(Cc1ccc2c(c1)OCO2)C(=O)COC(=O)c1cc(Cl)ccc1N. The van der Waals surface area contributed by atoms with Crippen molar-refractivity contribution in [2.24, 2.45) is 0 Å². The molecule has 0 fully saturated rings. The van der Waals surface area contributed by atoms with Gasteiger partial charge in [0.05, 0.1) is 5.56 Å². The molecular weight excluding hydrogens is 372 g/mol. The average molecular weight is 391 g/mol. The van der Waals surface area contributed by atoms with Gasteiger partial charge in [0.1, 0.15) is 0 Å². The minimum atomic E-state index is -0.692. The molecular formula is C19H19ClN2O5. The highest BCUT2D eigenvalue weighted by Crippen LogP contribution is 2.32. The molecule has 0 spiro atoms. The monoisotopic (exact) mass is 390 g/mol. The van der Waals surface area contributed by atoms with Crippen LogP contribution in [0.5, 0.6) is 11.5 Å². The highest BCUT2D eigenvalue weighted by atomic mass is 35.5. The Morgan fingerprint density at radius 2 is 1.96 bits per heavy atom. The molecule has 8 heteroatoms. The highest BCUT2D eigenvalue weighted by Gasteiger charge is 2.19. The number of likely N-dealkylation sites (N-methyl/N-ethyl adjacent to an activating group) is 1. The van der Waals surface area contributed by atoms with E-state index in [-0.39, 0.29) is 30.6 Å². The molecule has 0 saturated carbocycles. The number of esters is 1. The van der Waals surface area contributed by atoms with Gasteiger partial charge in [-0.25, -0.2) is 4.79 Å². The average Bonchev–Trinajstić information content (AvgIpc) is 3.13. The minimum Gasteiger partial charge on any atom is -0.454 e. The second kappa shape index (κ2) is 8.18. The predicted octanol–water partition coefficient (Wildman–Crippen LogP) is 2.86. The van der Waals surface area contributed by atoms with Gasteiger partial charge in [0, 0.05) is 23.8 Å². The van der Waals surface area contributed by atoms with Crippen molar-refractivity contribution in [3.8, 4) is 11.5 Å². The van der Waals surface area contributed by atoms with E-state index in [0.29, 0.717) is 29.6 Å². The van der Waals surface area contributed by atoms with Gasteiger partial charge in [0.2, 0.25) is 6.79 Å². The lowest BCUT2D eigenvalue weighted by Gasteiger charge is -2.21. The number of nitrogens with zero attached hydrogens (tertiary/aromatic N) is 1. The van der Waals surface area contributed by atoms with Crippen molar-refractivity contribution in [1.29, 1.82) is 0 Å². The van der Waals surface area contributed by atoms with E-state index in [0.717, 1.165) is 5.56 Å². The molecule has 0 bridgehead atoms. The van der Waals surface area contributed by atoms with Crippen molar-refractivity contribution in [3.05, 3.63) is 52.5 Å². The van der Waals surface area contributed by atoms with E-state index in [1.54, 1.807) is 17.0 Å². The van der Waals surface area contributed by atoms with Crippen LogP contribution in [-0.2, 0) is 16.1 Å². The number of rotatable bonds is 6. The van der Waals surface area contributed by atoms with Crippen molar-refractivity contribution in [2.75, 3.05) is 25.7 Å². The molecule has 0 aliphatic carbocycles. The first-order valence-electron chi connectivity index (χ1n) is 8.36. The summed E-state index contributed by atoms with van der Waals surface area (Å²) in [6.07, 6.45) is 0. The third-order valence-corrected chi connectivity index (χ3v) is 4.34. The number of nitrogens with two attached hydrogens (primary N) is 1. The molecule has 1 aliphatic heterocycles. The van der Waals surface area contributed by atoms with Crippen molar-refractivity contribution in [1.82, 2.24) is 4.90 Å². The molecule has 1 aliphatic rings. The molecule has 3 rings (SSSR count). The maximum absolute atomic E-state index is 12.4. The van der Waals surface area contributed by atoms with E-state index in [9.17, 15) is 9.59 Å². The van der Waals surface area contributed by atoms with Crippen LogP contribution in [0, 0.1) is 0 Å². The van der Waals surface area contributed by atoms with Crippen LogP contribution in [-0.4, -0.2) is 36.7 Å². The second-order valence-corrected chi connectivity index (χ2v) is 6.34. The van der Waals surface area contributed by atoms with Crippen LogP contribution in [0.4, 0.5) is 5.69 Å². The lowest BCUT2D eigenvalue weighted by molar-refractivity contribution is -0.134. The van der Waals surface area contributed by atoms with E-state index in [4.69, 9.17) is 31.5 Å². The second-order valence-electron chi connectivity index (χ2n) is 5.90. The summed E-state index contributed by atoms with van der Waals surface area (Å²) in [7, 11) is 0. The molecule has 2 N–H and O–H groups in total. The summed E-state index contributed by atoms with van der Waals surface area (Å²) in [6.45, 7) is 2.48. The van der Waals surface area contributed by atoms with Crippen molar-refractivity contribution < 1.29 is 23.8 Å². The first kappa shape index (κ1) is 18.8. The van der Waals surface area contributed by atoms with Gasteiger partial charge in [0.15, 0.2) is 18.1 Å². The smallest absolute Gasteiger partial charge is 0.340 e. The van der Waals surface area contributed by atoms with Crippen LogP contribution in [0.15, 0.2) is 36.4 Å². The van der Waals surface area contributed by atoms with Crippen LogP contribution in [0.2, 0.25) is 5.02 Å². The van der Waals surface area contributed by atoms with E-state index in [2.05, 4.69) is 0 Å². The van der Waals surface area contributed by atoms with Crippen molar-refractivity contribution >= 4 is 29.2 Å². The number of halogens is 1. The molecule has 0 atom stereocenters. The molecule has 27 heavy (non-hydrogen) atoms. The summed E-state index contributed by atoms with van der Waals surface area (Å²) in [5, 5.41) is 0.362. The Labute approximate surface area is 161 Å². The zero-order chi connectivity index (χ0) is 19.4. The first-order valence-corrected chi connectivity index (χ1v) is 8.74. The summed E-state index contributed by atoms with van der Waals surface area (Å²) < 4.78 is 15.7. The number of carbonyl (C=O) groups is 2. The third-order valence-electron chi connectivity index (χ3n) is 4.11. The standard InChI is InChI=1S/C19H19ClN2O5/c1-2-22(9-12-3-6-16-17(7-12)27-11-26-16)18(23)10-25-19(24)14-8-13(20)4-5-15(14)21/h3-8H,2,9-11,21H2,1H3. The molecule has 0 radical (unpaired) electrons. The maximum Gasteiger partial charge on any atom is 0.340 e. The Hall–Kier alpha value is -2.93. The van der Waals surface area contributed by atoms with Crippen LogP contribution in [0.1, 0.15) is 22.8 Å². The Bertz CT molecular complexity index is 871. The number of hydrogen-bond acceptors (Lipinski definition) is 6. The highest BCUT2D eigenvalue weighted by molar-refractivity contribution is 6.31. The zero-order valence-corrected chi connectivity index (χ0v) is 15.5. The van der Waals surface area contributed by atoms with Crippen LogP contribution < -0.4 is 15.2 Å². The fourth-order valence-corrected chi connectivity index (χ4v) is 2.81. The van der Waals surface area contributed by atoms with Crippen LogP contribution >= 0.6 is 11.6 Å². The summed E-state index contributed by atoms with van der Waals surface area (Å²) >= 11 is 5.87. The maximum atomic E-state index is 12.4. The third kappa shape index (κ3) is 4.43. The van der Waals surface area contributed by atoms with Gasteiger partial charge in [-0.05, 0) is 42.8 Å². The number of nitrogen functional groups attached to an aromatic ring is 1. The largest absolute Gasteiger partial charge is 0.454 e. The molecule has 7 nitrogen and oxygen atoms in total. The Morgan fingerprint density at radius 1 is 1.19 bits per heavy atom. The summed E-state index contributed by atoms with van der Waals surface area (Å²) in [6, 6.07) is 9.99. The number of ether oxygens (including phenoxy) is 3. The molecule has 142 valence electrons. The molecule has 2 aromatic carbocycles. The Kier molecular flexibility index (Phi) is 5.71. The lowest BCUT2D eigenvalue weighted by atomic mass is 10.2. The Morgan fingerprint density at radius 3 is 2.74 bits per heavy atom. The van der Waals surface area contributed by atoms with Crippen LogP contribution in [0.3, 0.4) is 0 Å². The predicted molar refractivity (Wildman–Crippen MR) is 99.8 cm³/mol. The van der Waals surface area contributed by atoms with Crippen molar-refractivity contribution in [2.45, 2.75) is 13.5 Å². The van der Waals surface area contributed by atoms with E-state index >= 15 is 0 Å². The number of anilines is 1. The summed E-state index contributed by atoms with van der Waals surface area (Å²) in [5.41, 5.74) is 7.02. The number of amides is 1. The molecule has 2 aromatic rings.